The number of hydrogen-bond donors (Lipinski definition) is 0. The van der Waals surface area contributed by atoms with Gasteiger partial charge >= 0.3 is 0 Å². The first-order valence-electron chi connectivity index (χ1n) is 7.68. The number of hydrogen-bond acceptors (Lipinski definition) is 3. The minimum absolute atomic E-state index is 0.151. The standard InChI is InChI=1S/C18H15ClF3N3O/c1-18(2,26-11-5-7-14(21)15(22)9-11)17-24-23-16(25(17)3)12-6-4-10(20)8-13(12)19/h4-9H,1-3H3. The van der Waals surface area contributed by atoms with Gasteiger partial charge < -0.3 is 9.30 Å². The van der Waals surface area contributed by atoms with Crippen LogP contribution in [0, 0.1) is 17.5 Å². The van der Waals surface area contributed by atoms with Crippen molar-refractivity contribution in [1.29, 1.82) is 0 Å². The van der Waals surface area contributed by atoms with Crippen molar-refractivity contribution in [3.63, 3.8) is 0 Å². The van der Waals surface area contributed by atoms with Gasteiger partial charge in [0, 0.05) is 18.7 Å². The molecule has 0 radical (unpaired) electrons. The van der Waals surface area contributed by atoms with E-state index in [1.807, 2.05) is 0 Å². The molecule has 0 aliphatic carbocycles. The third kappa shape index (κ3) is 3.39. The second kappa shape index (κ2) is 6.64. The Bertz CT molecular complexity index is 972. The van der Waals surface area contributed by atoms with E-state index < -0.39 is 23.1 Å². The number of benzene rings is 2. The van der Waals surface area contributed by atoms with Crippen LogP contribution in [0.1, 0.15) is 19.7 Å². The summed E-state index contributed by atoms with van der Waals surface area (Å²) in [7, 11) is 1.71. The van der Waals surface area contributed by atoms with Crippen molar-refractivity contribution in [2.75, 3.05) is 0 Å². The lowest BCUT2D eigenvalue weighted by atomic mass is 10.1. The Kier molecular flexibility index (Phi) is 4.66. The average Bonchev–Trinajstić information content (AvgIpc) is 2.93. The number of nitrogens with zero attached hydrogens (tertiary/aromatic N) is 3. The second-order valence-electron chi connectivity index (χ2n) is 6.22. The molecule has 2 aromatic carbocycles. The summed E-state index contributed by atoms with van der Waals surface area (Å²) in [6.07, 6.45) is 0. The SMILES string of the molecule is Cn1c(-c2ccc(F)cc2Cl)nnc1C(C)(C)Oc1ccc(F)c(F)c1. The molecule has 3 rings (SSSR count). The first-order valence-corrected chi connectivity index (χ1v) is 8.06. The molecule has 8 heteroatoms. The van der Waals surface area contributed by atoms with Crippen molar-refractivity contribution in [2.45, 2.75) is 19.4 Å². The molecule has 1 aromatic heterocycles. The van der Waals surface area contributed by atoms with E-state index in [1.165, 1.54) is 24.3 Å². The van der Waals surface area contributed by atoms with Gasteiger partial charge in [-0.05, 0) is 44.2 Å². The Morgan fingerprint density at radius 2 is 1.73 bits per heavy atom. The first-order chi connectivity index (χ1) is 12.2. The van der Waals surface area contributed by atoms with E-state index in [1.54, 1.807) is 25.5 Å². The van der Waals surface area contributed by atoms with Crippen LogP contribution in [0.2, 0.25) is 5.02 Å². The Hall–Kier alpha value is -2.54. The van der Waals surface area contributed by atoms with Gasteiger partial charge in [0.15, 0.2) is 28.9 Å². The van der Waals surface area contributed by atoms with Gasteiger partial charge in [-0.2, -0.15) is 0 Å². The summed E-state index contributed by atoms with van der Waals surface area (Å²) >= 11 is 6.09. The Morgan fingerprint density at radius 1 is 1.00 bits per heavy atom. The molecule has 0 aliphatic rings. The maximum Gasteiger partial charge on any atom is 0.176 e. The van der Waals surface area contributed by atoms with Crippen LogP contribution >= 0.6 is 11.6 Å². The zero-order valence-electron chi connectivity index (χ0n) is 14.2. The monoisotopic (exact) mass is 381 g/mol. The van der Waals surface area contributed by atoms with Gasteiger partial charge in [0.1, 0.15) is 11.6 Å². The number of rotatable bonds is 4. The lowest BCUT2D eigenvalue weighted by molar-refractivity contribution is 0.0943. The fraction of sp³-hybridized carbons (Fsp3) is 0.222. The quantitative estimate of drug-likeness (QED) is 0.647. The summed E-state index contributed by atoms with van der Waals surface area (Å²) in [5, 5.41) is 8.44. The normalized spacial score (nSPS) is 11.7. The van der Waals surface area contributed by atoms with Crippen LogP contribution < -0.4 is 4.74 Å². The van der Waals surface area contributed by atoms with Gasteiger partial charge in [0.2, 0.25) is 0 Å². The Balaban J connectivity index is 1.96. The van der Waals surface area contributed by atoms with E-state index in [9.17, 15) is 13.2 Å². The highest BCUT2D eigenvalue weighted by Crippen LogP contribution is 2.32. The predicted octanol–water partition coefficient (Wildman–Crippen LogP) is 4.87. The summed E-state index contributed by atoms with van der Waals surface area (Å²) in [5.41, 5.74) is -0.491. The molecule has 0 atom stereocenters. The topological polar surface area (TPSA) is 39.9 Å². The summed E-state index contributed by atoms with van der Waals surface area (Å²) < 4.78 is 47.2. The van der Waals surface area contributed by atoms with E-state index in [-0.39, 0.29) is 10.8 Å². The zero-order chi connectivity index (χ0) is 19.1. The summed E-state index contributed by atoms with van der Waals surface area (Å²) in [6.45, 7) is 3.43. The maximum absolute atomic E-state index is 13.4. The molecule has 26 heavy (non-hydrogen) atoms. The van der Waals surface area contributed by atoms with Gasteiger partial charge in [-0.3, -0.25) is 0 Å². The zero-order valence-corrected chi connectivity index (χ0v) is 15.0. The van der Waals surface area contributed by atoms with Gasteiger partial charge in [-0.15, -0.1) is 10.2 Å². The Morgan fingerprint density at radius 3 is 2.38 bits per heavy atom. The number of aromatic nitrogens is 3. The third-order valence-electron chi connectivity index (χ3n) is 3.85. The highest BCUT2D eigenvalue weighted by atomic mass is 35.5. The fourth-order valence-corrected chi connectivity index (χ4v) is 2.89. The van der Waals surface area contributed by atoms with Crippen molar-refractivity contribution in [3.05, 3.63) is 64.7 Å². The van der Waals surface area contributed by atoms with E-state index >= 15 is 0 Å². The molecule has 1 heterocycles. The van der Waals surface area contributed by atoms with Crippen molar-refractivity contribution in [3.8, 4) is 17.1 Å². The molecule has 3 aromatic rings. The minimum atomic E-state index is -1.00. The molecule has 0 amide bonds. The molecule has 0 fully saturated rings. The largest absolute Gasteiger partial charge is 0.480 e. The molecular formula is C18H15ClF3N3O. The highest BCUT2D eigenvalue weighted by Gasteiger charge is 2.30. The Labute approximate surface area is 153 Å². The van der Waals surface area contributed by atoms with E-state index in [0.717, 1.165) is 12.1 Å². The number of ether oxygens (including phenoxy) is 1. The molecule has 0 N–H and O–H groups in total. The molecular weight excluding hydrogens is 367 g/mol. The molecule has 136 valence electrons. The molecule has 0 spiro atoms. The summed E-state index contributed by atoms with van der Waals surface area (Å²) in [5.74, 6) is -1.41. The minimum Gasteiger partial charge on any atom is -0.480 e. The molecule has 0 aliphatic heterocycles. The van der Waals surface area contributed by atoms with Crippen LogP contribution in [0.25, 0.3) is 11.4 Å². The molecule has 0 saturated heterocycles. The van der Waals surface area contributed by atoms with E-state index in [4.69, 9.17) is 16.3 Å². The van der Waals surface area contributed by atoms with Crippen molar-refractivity contribution in [1.82, 2.24) is 14.8 Å². The van der Waals surface area contributed by atoms with Gasteiger partial charge in [-0.1, -0.05) is 11.6 Å². The molecule has 0 bridgehead atoms. The maximum atomic E-state index is 13.4. The van der Waals surface area contributed by atoms with Crippen LogP contribution in [0.3, 0.4) is 0 Å². The van der Waals surface area contributed by atoms with Crippen LogP contribution in [0.15, 0.2) is 36.4 Å². The van der Waals surface area contributed by atoms with Gasteiger partial charge in [-0.25, -0.2) is 13.2 Å². The van der Waals surface area contributed by atoms with E-state index in [2.05, 4.69) is 10.2 Å². The lowest BCUT2D eigenvalue weighted by Crippen LogP contribution is -2.29. The van der Waals surface area contributed by atoms with Gasteiger partial charge in [0.05, 0.1) is 5.02 Å². The first kappa shape index (κ1) is 18.3. The molecule has 4 nitrogen and oxygen atoms in total. The summed E-state index contributed by atoms with van der Waals surface area (Å²) in [6, 6.07) is 7.25. The third-order valence-corrected chi connectivity index (χ3v) is 4.16. The average molecular weight is 382 g/mol. The van der Waals surface area contributed by atoms with Crippen molar-refractivity contribution < 1.29 is 17.9 Å². The molecule has 0 unspecified atom stereocenters. The predicted molar refractivity (Wildman–Crippen MR) is 91.4 cm³/mol. The number of halogens is 4. The van der Waals surface area contributed by atoms with Crippen LogP contribution in [-0.2, 0) is 12.6 Å². The molecule has 0 saturated carbocycles. The van der Waals surface area contributed by atoms with Crippen LogP contribution in [-0.4, -0.2) is 14.8 Å². The van der Waals surface area contributed by atoms with Crippen LogP contribution in [0.4, 0.5) is 13.2 Å². The fourth-order valence-electron chi connectivity index (χ4n) is 2.64. The second-order valence-corrected chi connectivity index (χ2v) is 6.63. The summed E-state index contributed by atoms with van der Waals surface area (Å²) in [4.78, 5) is 0. The lowest BCUT2D eigenvalue weighted by Gasteiger charge is -2.25. The van der Waals surface area contributed by atoms with Crippen LogP contribution in [0.5, 0.6) is 5.75 Å². The van der Waals surface area contributed by atoms with E-state index in [0.29, 0.717) is 17.2 Å². The van der Waals surface area contributed by atoms with Gasteiger partial charge in [0.25, 0.3) is 0 Å². The van der Waals surface area contributed by atoms with Crippen molar-refractivity contribution >= 4 is 11.6 Å². The van der Waals surface area contributed by atoms with Crippen molar-refractivity contribution in [2.24, 2.45) is 7.05 Å². The smallest absolute Gasteiger partial charge is 0.176 e. The highest BCUT2D eigenvalue weighted by molar-refractivity contribution is 6.33.